The molecule has 0 N–H and O–H groups in total. The van der Waals surface area contributed by atoms with Crippen molar-refractivity contribution in [3.63, 3.8) is 0 Å². The topological polar surface area (TPSA) is 12.4 Å². The second-order valence-electron chi connectivity index (χ2n) is 6.31. The van der Waals surface area contributed by atoms with Gasteiger partial charge in [-0.05, 0) is 58.6 Å². The highest BCUT2D eigenvalue weighted by atomic mass is 32.1. The van der Waals surface area contributed by atoms with Crippen LogP contribution in [0.4, 0.5) is 10.1 Å². The van der Waals surface area contributed by atoms with Crippen molar-refractivity contribution in [2.45, 2.75) is 26.2 Å². The highest BCUT2D eigenvalue weighted by molar-refractivity contribution is 7.78. The fourth-order valence-electron chi connectivity index (χ4n) is 3.03. The Kier molecular flexibility index (Phi) is 5.72. The van der Waals surface area contributed by atoms with Crippen LogP contribution < -0.4 is 0 Å². The highest BCUT2D eigenvalue weighted by Gasteiger charge is 2.09. The molecule has 0 radical (unpaired) electrons. The van der Waals surface area contributed by atoms with Gasteiger partial charge >= 0.3 is 0 Å². The predicted octanol–water partition coefficient (Wildman–Crippen LogP) is 6.94. The lowest BCUT2D eigenvalue weighted by Crippen LogP contribution is -1.96. The van der Waals surface area contributed by atoms with Gasteiger partial charge in [0.1, 0.15) is 11.5 Å². The molecule has 1 unspecified atom stereocenters. The molecular formula is C23H20FNS. The predicted molar refractivity (Wildman–Crippen MR) is 110 cm³/mol. The molecule has 0 fully saturated rings. The molecular weight excluding hydrogens is 341 g/mol. The zero-order chi connectivity index (χ0) is 18.5. The van der Waals surface area contributed by atoms with Crippen molar-refractivity contribution in [2.24, 2.45) is 4.99 Å². The number of hydrogen-bond donors (Lipinski definition) is 0. The van der Waals surface area contributed by atoms with Gasteiger partial charge in [0, 0.05) is 5.92 Å². The lowest BCUT2D eigenvalue weighted by Gasteiger charge is -2.14. The number of benzene rings is 3. The van der Waals surface area contributed by atoms with Crippen molar-refractivity contribution in [1.82, 2.24) is 0 Å². The SMILES string of the molecule is CCc1ccc(C(C)c2ccc(-c3ccc(N=C=S)c(F)c3)cc2)cc1. The fraction of sp³-hybridized carbons (Fsp3) is 0.174. The standard InChI is InChI=1S/C23H20FNS/c1-3-17-4-6-18(7-5-17)16(2)19-8-10-20(11-9-19)21-12-13-23(25-15-26)22(24)14-21/h4-14,16H,3H2,1-2H3. The van der Waals surface area contributed by atoms with E-state index in [1.165, 1.54) is 22.8 Å². The molecule has 0 spiro atoms. The summed E-state index contributed by atoms with van der Waals surface area (Å²) in [6.07, 6.45) is 1.05. The number of rotatable bonds is 5. The third kappa shape index (κ3) is 3.96. The Morgan fingerprint density at radius 1 is 0.923 bits per heavy atom. The van der Waals surface area contributed by atoms with Crippen LogP contribution in [-0.2, 0) is 6.42 Å². The Hall–Kier alpha value is -2.61. The summed E-state index contributed by atoms with van der Waals surface area (Å²) in [5.74, 6) is -0.0840. The summed E-state index contributed by atoms with van der Waals surface area (Å²) in [4.78, 5) is 3.71. The summed E-state index contributed by atoms with van der Waals surface area (Å²) in [7, 11) is 0. The third-order valence-corrected chi connectivity index (χ3v) is 4.84. The van der Waals surface area contributed by atoms with Crippen LogP contribution in [0.2, 0.25) is 0 Å². The van der Waals surface area contributed by atoms with Crippen LogP contribution in [0.5, 0.6) is 0 Å². The molecule has 0 heterocycles. The summed E-state index contributed by atoms with van der Waals surface area (Å²) in [5, 5.41) is 2.19. The monoisotopic (exact) mass is 361 g/mol. The maximum Gasteiger partial charge on any atom is 0.150 e. The van der Waals surface area contributed by atoms with E-state index in [2.05, 4.69) is 72.6 Å². The van der Waals surface area contributed by atoms with Crippen LogP contribution in [0, 0.1) is 5.82 Å². The first-order chi connectivity index (χ1) is 12.6. The van der Waals surface area contributed by atoms with Crippen LogP contribution in [0.15, 0.2) is 71.7 Å². The quantitative estimate of drug-likeness (QED) is 0.354. The fourth-order valence-corrected chi connectivity index (χ4v) is 3.12. The minimum Gasteiger partial charge on any atom is -0.205 e. The van der Waals surface area contributed by atoms with Crippen molar-refractivity contribution in [1.29, 1.82) is 0 Å². The lowest BCUT2D eigenvalue weighted by atomic mass is 9.91. The number of aryl methyl sites for hydroxylation is 1. The molecule has 0 amide bonds. The van der Waals surface area contributed by atoms with Gasteiger partial charge in [-0.15, -0.1) is 0 Å². The van der Waals surface area contributed by atoms with E-state index in [0.717, 1.165) is 17.5 Å². The number of aliphatic imine (C=N–C) groups is 1. The van der Waals surface area contributed by atoms with Crippen molar-refractivity contribution in [3.05, 3.63) is 89.2 Å². The van der Waals surface area contributed by atoms with Crippen molar-refractivity contribution in [2.75, 3.05) is 0 Å². The lowest BCUT2D eigenvalue weighted by molar-refractivity contribution is 0.630. The number of nitrogens with zero attached hydrogens (tertiary/aromatic N) is 1. The molecule has 26 heavy (non-hydrogen) atoms. The number of isothiocyanates is 1. The molecule has 3 heteroatoms. The molecule has 0 bridgehead atoms. The van der Waals surface area contributed by atoms with E-state index in [4.69, 9.17) is 0 Å². The zero-order valence-electron chi connectivity index (χ0n) is 14.9. The molecule has 0 saturated heterocycles. The first-order valence-corrected chi connectivity index (χ1v) is 9.09. The van der Waals surface area contributed by atoms with E-state index < -0.39 is 5.82 Å². The van der Waals surface area contributed by atoms with E-state index in [9.17, 15) is 4.39 Å². The average molecular weight is 361 g/mol. The van der Waals surface area contributed by atoms with Gasteiger partial charge in [-0.1, -0.05) is 68.4 Å². The summed E-state index contributed by atoms with van der Waals surface area (Å²) < 4.78 is 14.0. The normalized spacial score (nSPS) is 11.7. The Bertz CT molecular complexity index is 939. The minimum atomic E-state index is -0.395. The Labute approximate surface area is 159 Å². The minimum absolute atomic E-state index is 0.213. The van der Waals surface area contributed by atoms with Gasteiger partial charge in [0.2, 0.25) is 0 Å². The smallest absolute Gasteiger partial charge is 0.150 e. The molecule has 0 aromatic heterocycles. The second-order valence-corrected chi connectivity index (χ2v) is 6.49. The second kappa shape index (κ2) is 8.18. The number of halogens is 1. The van der Waals surface area contributed by atoms with Gasteiger partial charge in [0.15, 0.2) is 0 Å². The van der Waals surface area contributed by atoms with Gasteiger partial charge in [-0.3, -0.25) is 0 Å². The molecule has 0 saturated carbocycles. The zero-order valence-corrected chi connectivity index (χ0v) is 15.7. The van der Waals surface area contributed by atoms with Crippen molar-refractivity contribution in [3.8, 4) is 11.1 Å². The van der Waals surface area contributed by atoms with E-state index in [1.54, 1.807) is 6.07 Å². The maximum atomic E-state index is 14.0. The summed E-state index contributed by atoms with van der Waals surface area (Å²) in [5.41, 5.74) is 5.88. The highest BCUT2D eigenvalue weighted by Crippen LogP contribution is 2.29. The molecule has 1 atom stereocenters. The van der Waals surface area contributed by atoms with Crippen molar-refractivity contribution < 1.29 is 4.39 Å². The molecule has 3 aromatic rings. The summed E-state index contributed by atoms with van der Waals surface area (Å²) >= 11 is 4.53. The van der Waals surface area contributed by atoms with Crippen LogP contribution in [0.1, 0.15) is 36.5 Å². The van der Waals surface area contributed by atoms with Gasteiger partial charge in [0.25, 0.3) is 0 Å². The first-order valence-electron chi connectivity index (χ1n) is 8.69. The van der Waals surface area contributed by atoms with Crippen LogP contribution in [0.3, 0.4) is 0 Å². The molecule has 0 aliphatic rings. The molecule has 3 aromatic carbocycles. The van der Waals surface area contributed by atoms with Gasteiger partial charge in [0.05, 0.1) is 5.16 Å². The van der Waals surface area contributed by atoms with Crippen molar-refractivity contribution >= 4 is 23.1 Å². The van der Waals surface area contributed by atoms with Gasteiger partial charge in [-0.2, -0.15) is 4.99 Å². The van der Waals surface area contributed by atoms with Crippen LogP contribution in [0.25, 0.3) is 11.1 Å². The molecule has 0 aliphatic carbocycles. The van der Waals surface area contributed by atoms with E-state index >= 15 is 0 Å². The molecule has 3 rings (SSSR count). The summed E-state index contributed by atoms with van der Waals surface area (Å²) in [6, 6.07) is 22.0. The molecule has 0 aliphatic heterocycles. The van der Waals surface area contributed by atoms with E-state index in [0.29, 0.717) is 5.92 Å². The molecule has 1 nitrogen and oxygen atoms in total. The molecule has 130 valence electrons. The number of hydrogen-bond acceptors (Lipinski definition) is 2. The Morgan fingerprint density at radius 3 is 2.04 bits per heavy atom. The maximum absolute atomic E-state index is 14.0. The average Bonchev–Trinajstić information content (AvgIpc) is 2.69. The Balaban J connectivity index is 1.83. The Morgan fingerprint density at radius 2 is 1.50 bits per heavy atom. The summed E-state index contributed by atoms with van der Waals surface area (Å²) in [6.45, 7) is 4.36. The van der Waals surface area contributed by atoms with Gasteiger partial charge in [-0.25, -0.2) is 4.39 Å². The van der Waals surface area contributed by atoms with Crippen LogP contribution >= 0.6 is 12.2 Å². The first kappa shape index (κ1) is 18.2. The van der Waals surface area contributed by atoms with Gasteiger partial charge < -0.3 is 0 Å². The third-order valence-electron chi connectivity index (χ3n) is 4.75. The number of thiocarbonyl (C=S) groups is 1. The largest absolute Gasteiger partial charge is 0.205 e. The van der Waals surface area contributed by atoms with E-state index in [1.807, 2.05) is 18.2 Å². The van der Waals surface area contributed by atoms with Crippen LogP contribution in [-0.4, -0.2) is 5.16 Å². The van der Waals surface area contributed by atoms with E-state index in [-0.39, 0.29) is 5.69 Å².